The molecule has 0 unspecified atom stereocenters. The molecule has 0 radical (unpaired) electrons. The summed E-state index contributed by atoms with van der Waals surface area (Å²) in [6.45, 7) is 5.90. The van der Waals surface area contributed by atoms with Crippen LogP contribution in [0.4, 0.5) is 5.82 Å². The number of anilines is 1. The van der Waals surface area contributed by atoms with Crippen molar-refractivity contribution in [2.75, 3.05) is 39.0 Å². The van der Waals surface area contributed by atoms with Gasteiger partial charge in [-0.05, 0) is 46.7 Å². The molecule has 4 rings (SSSR count). The van der Waals surface area contributed by atoms with Crippen LogP contribution in [0.3, 0.4) is 0 Å². The van der Waals surface area contributed by atoms with E-state index in [4.69, 9.17) is 14.5 Å². The molecule has 2 aromatic rings. The van der Waals surface area contributed by atoms with Crippen LogP contribution in [0.1, 0.15) is 47.3 Å². The predicted molar refractivity (Wildman–Crippen MR) is 108 cm³/mol. The number of sulfonamides is 1. The lowest BCUT2D eigenvalue weighted by Crippen LogP contribution is -2.38. The van der Waals surface area contributed by atoms with Crippen LogP contribution in [-0.4, -0.2) is 66.5 Å². The zero-order valence-corrected chi connectivity index (χ0v) is 18.2. The van der Waals surface area contributed by atoms with E-state index in [0.29, 0.717) is 24.4 Å². The molecule has 2 aromatic heterocycles. The third-order valence-corrected chi connectivity index (χ3v) is 7.93. The zero-order chi connectivity index (χ0) is 20.8. The van der Waals surface area contributed by atoms with Gasteiger partial charge in [-0.1, -0.05) is 5.16 Å². The fourth-order valence-corrected chi connectivity index (χ4v) is 6.06. The monoisotopic (exact) mass is 420 g/mol. The van der Waals surface area contributed by atoms with E-state index in [2.05, 4.69) is 22.4 Å². The summed E-state index contributed by atoms with van der Waals surface area (Å²) in [6, 6.07) is 0. The minimum atomic E-state index is -3.70. The Bertz CT molecular complexity index is 1000. The Hall–Kier alpha value is -2.04. The van der Waals surface area contributed by atoms with E-state index in [9.17, 15) is 8.42 Å². The van der Waals surface area contributed by atoms with Crippen LogP contribution in [0, 0.1) is 13.8 Å². The molecule has 1 saturated heterocycles. The smallest absolute Gasteiger partial charge is 0.248 e. The average Bonchev–Trinajstić information content (AvgIpc) is 3.05. The van der Waals surface area contributed by atoms with Gasteiger partial charge in [-0.3, -0.25) is 0 Å². The van der Waals surface area contributed by atoms with E-state index in [1.165, 1.54) is 4.31 Å². The van der Waals surface area contributed by atoms with Crippen molar-refractivity contribution >= 4 is 15.8 Å². The number of likely N-dealkylation sites (N-methyl/N-ethyl adjacent to an activating group) is 1. The highest BCUT2D eigenvalue weighted by atomic mass is 32.2. The third kappa shape index (κ3) is 3.64. The molecule has 0 spiro atoms. The van der Waals surface area contributed by atoms with Crippen molar-refractivity contribution in [1.29, 1.82) is 0 Å². The minimum absolute atomic E-state index is 0.165. The van der Waals surface area contributed by atoms with Crippen molar-refractivity contribution in [2.24, 2.45) is 0 Å². The van der Waals surface area contributed by atoms with Gasteiger partial charge in [0.2, 0.25) is 10.0 Å². The summed E-state index contributed by atoms with van der Waals surface area (Å²) < 4.78 is 33.1. The van der Waals surface area contributed by atoms with Gasteiger partial charge in [-0.25, -0.2) is 18.4 Å². The van der Waals surface area contributed by atoms with Crippen LogP contribution in [0.15, 0.2) is 9.42 Å². The van der Waals surface area contributed by atoms with Gasteiger partial charge in [0.1, 0.15) is 22.2 Å². The largest absolute Gasteiger partial charge is 0.373 e. The maximum atomic E-state index is 13.2. The summed E-state index contributed by atoms with van der Waals surface area (Å²) in [5.74, 6) is 2.20. The summed E-state index contributed by atoms with van der Waals surface area (Å²) in [4.78, 5) is 12.1. The van der Waals surface area contributed by atoms with Gasteiger partial charge in [0.25, 0.3) is 0 Å². The molecular formula is C19H28N6O3S. The summed E-state index contributed by atoms with van der Waals surface area (Å²) >= 11 is 0. The molecule has 29 heavy (non-hydrogen) atoms. The predicted octanol–water partition coefficient (Wildman–Crippen LogP) is 1.68. The second-order valence-corrected chi connectivity index (χ2v) is 9.82. The number of nitrogens with one attached hydrogen (secondary N) is 1. The molecule has 1 atom stereocenters. The van der Waals surface area contributed by atoms with Crippen LogP contribution < -0.4 is 5.32 Å². The summed E-state index contributed by atoms with van der Waals surface area (Å²) in [6.07, 6.45) is 2.73. The topological polar surface area (TPSA) is 104 Å². The number of piperidine rings is 1. The molecule has 0 amide bonds. The van der Waals surface area contributed by atoms with Gasteiger partial charge in [-0.15, -0.1) is 0 Å². The first-order valence-electron chi connectivity index (χ1n) is 10.00. The van der Waals surface area contributed by atoms with Crippen LogP contribution >= 0.6 is 0 Å². The van der Waals surface area contributed by atoms with E-state index in [0.717, 1.165) is 48.8 Å². The Morgan fingerprint density at radius 1 is 1.21 bits per heavy atom. The van der Waals surface area contributed by atoms with Crippen LogP contribution in [0.5, 0.6) is 0 Å². The molecule has 2 aliphatic rings. The van der Waals surface area contributed by atoms with Crippen LogP contribution in [0.2, 0.25) is 0 Å². The number of rotatable bonds is 4. The van der Waals surface area contributed by atoms with Crippen molar-refractivity contribution in [3.63, 3.8) is 0 Å². The average molecular weight is 421 g/mol. The van der Waals surface area contributed by atoms with Crippen molar-refractivity contribution in [3.8, 4) is 0 Å². The Morgan fingerprint density at radius 3 is 2.66 bits per heavy atom. The molecule has 0 aliphatic carbocycles. The number of nitrogens with zero attached hydrogens (tertiary/aromatic N) is 5. The van der Waals surface area contributed by atoms with Crippen LogP contribution in [-0.2, 0) is 23.0 Å². The molecular weight excluding hydrogens is 392 g/mol. The molecule has 1 N–H and O–H groups in total. The first kappa shape index (κ1) is 20.2. The van der Waals surface area contributed by atoms with Crippen molar-refractivity contribution < 1.29 is 12.9 Å². The lowest BCUT2D eigenvalue weighted by atomic mass is 9.96. The second kappa shape index (κ2) is 7.66. The molecule has 0 aromatic carbocycles. The van der Waals surface area contributed by atoms with E-state index in [-0.39, 0.29) is 17.4 Å². The SMILES string of the molecule is CNc1nc([C@@H]2CCCN(C)C2)nc2c1CCN(S(=O)(=O)c1c(C)noc1C)C2. The summed E-state index contributed by atoms with van der Waals surface area (Å²) in [5, 5.41) is 7.00. The lowest BCUT2D eigenvalue weighted by molar-refractivity contribution is 0.245. The van der Waals surface area contributed by atoms with E-state index in [1.54, 1.807) is 13.8 Å². The quantitative estimate of drug-likeness (QED) is 0.797. The second-order valence-electron chi connectivity index (χ2n) is 7.95. The normalized spacial score (nSPS) is 21.2. The Morgan fingerprint density at radius 2 is 2.00 bits per heavy atom. The molecule has 1 fully saturated rings. The van der Waals surface area contributed by atoms with E-state index < -0.39 is 10.0 Å². The molecule has 0 bridgehead atoms. The maximum absolute atomic E-state index is 13.2. The Kier molecular flexibility index (Phi) is 5.34. The van der Waals surface area contributed by atoms with Gasteiger partial charge in [0.05, 0.1) is 12.2 Å². The molecule has 10 heteroatoms. The lowest BCUT2D eigenvalue weighted by Gasteiger charge is -2.31. The first-order chi connectivity index (χ1) is 13.8. The number of fused-ring (bicyclic) bond motifs is 1. The minimum Gasteiger partial charge on any atom is -0.373 e. The third-order valence-electron chi connectivity index (χ3n) is 5.84. The van der Waals surface area contributed by atoms with E-state index in [1.807, 2.05) is 7.05 Å². The van der Waals surface area contributed by atoms with Gasteiger partial charge in [0, 0.05) is 31.6 Å². The number of hydrogen-bond acceptors (Lipinski definition) is 8. The highest BCUT2D eigenvalue weighted by molar-refractivity contribution is 7.89. The first-order valence-corrected chi connectivity index (χ1v) is 11.4. The molecule has 158 valence electrons. The number of aryl methyl sites for hydroxylation is 2. The number of hydrogen-bond donors (Lipinski definition) is 1. The maximum Gasteiger partial charge on any atom is 0.248 e. The number of aromatic nitrogens is 3. The van der Waals surface area contributed by atoms with Gasteiger partial charge in [0.15, 0.2) is 5.76 Å². The molecule has 2 aliphatic heterocycles. The highest BCUT2D eigenvalue weighted by Gasteiger charge is 2.35. The summed E-state index contributed by atoms with van der Waals surface area (Å²) in [7, 11) is 0.265. The van der Waals surface area contributed by atoms with E-state index >= 15 is 0 Å². The highest BCUT2D eigenvalue weighted by Crippen LogP contribution is 2.32. The standard InChI is InChI=1S/C19H28N6O3S/c1-12-17(13(2)28-23-12)29(26,27)25-9-7-15-16(11-25)21-18(22-19(15)20-3)14-6-5-8-24(4)10-14/h14H,5-11H2,1-4H3,(H,20,21,22)/t14-/m1/s1. The number of likely N-dealkylation sites (tertiary alicyclic amines) is 1. The van der Waals surface area contributed by atoms with Crippen molar-refractivity contribution in [2.45, 2.75) is 50.5 Å². The molecule has 4 heterocycles. The van der Waals surface area contributed by atoms with Gasteiger partial charge >= 0.3 is 0 Å². The van der Waals surface area contributed by atoms with Crippen molar-refractivity contribution in [3.05, 3.63) is 28.5 Å². The van der Waals surface area contributed by atoms with Gasteiger partial charge in [-0.2, -0.15) is 4.31 Å². The zero-order valence-electron chi connectivity index (χ0n) is 17.4. The van der Waals surface area contributed by atoms with Crippen LogP contribution in [0.25, 0.3) is 0 Å². The van der Waals surface area contributed by atoms with Gasteiger partial charge < -0.3 is 14.7 Å². The fourth-order valence-electron chi connectivity index (χ4n) is 4.37. The molecule has 0 saturated carbocycles. The summed E-state index contributed by atoms with van der Waals surface area (Å²) in [5.41, 5.74) is 2.18. The Balaban J connectivity index is 1.69. The Labute approximate surface area is 171 Å². The van der Waals surface area contributed by atoms with Crippen molar-refractivity contribution in [1.82, 2.24) is 24.3 Å². The fraction of sp³-hybridized carbons (Fsp3) is 0.632. The molecule has 9 nitrogen and oxygen atoms in total.